The summed E-state index contributed by atoms with van der Waals surface area (Å²) in [7, 11) is 0. The van der Waals surface area contributed by atoms with Crippen LogP contribution in [0.25, 0.3) is 0 Å². The molecule has 0 fully saturated rings. The van der Waals surface area contributed by atoms with E-state index < -0.39 is 0 Å². The van der Waals surface area contributed by atoms with Crippen LogP contribution in [0, 0.1) is 11.8 Å². The van der Waals surface area contributed by atoms with Gasteiger partial charge in [-0.2, -0.15) is 0 Å². The molecular formula is C17H27N3O2. The van der Waals surface area contributed by atoms with Crippen LogP contribution >= 0.6 is 0 Å². The van der Waals surface area contributed by atoms with Crippen molar-refractivity contribution in [3.63, 3.8) is 0 Å². The summed E-state index contributed by atoms with van der Waals surface area (Å²) in [5, 5.41) is 5.78. The lowest BCUT2D eigenvalue weighted by molar-refractivity contribution is 0.0921. The second-order valence-electron chi connectivity index (χ2n) is 6.42. The first-order valence-electron chi connectivity index (χ1n) is 7.81. The number of carbonyl (C=O) groups excluding carboxylic acids is 2. The van der Waals surface area contributed by atoms with Gasteiger partial charge in [0.25, 0.3) is 11.8 Å². The Hall–Kier alpha value is -1.91. The molecule has 0 aliphatic carbocycles. The highest BCUT2D eigenvalue weighted by molar-refractivity contribution is 5.96. The lowest BCUT2D eigenvalue weighted by Crippen LogP contribution is -2.38. The van der Waals surface area contributed by atoms with Crippen LogP contribution in [0.15, 0.2) is 18.2 Å². The third kappa shape index (κ3) is 5.13. The van der Waals surface area contributed by atoms with E-state index in [2.05, 4.69) is 15.6 Å². The Labute approximate surface area is 132 Å². The van der Waals surface area contributed by atoms with Crippen molar-refractivity contribution >= 4 is 11.8 Å². The minimum atomic E-state index is -0.257. The van der Waals surface area contributed by atoms with Gasteiger partial charge in [0.15, 0.2) is 0 Å². The summed E-state index contributed by atoms with van der Waals surface area (Å²) in [6, 6.07) is 5.01. The zero-order chi connectivity index (χ0) is 16.9. The molecule has 0 aromatic carbocycles. The fourth-order valence-electron chi connectivity index (χ4n) is 1.58. The zero-order valence-corrected chi connectivity index (χ0v) is 14.3. The number of hydrogen-bond donors (Lipinski definition) is 2. The highest BCUT2D eigenvalue weighted by atomic mass is 16.2. The summed E-state index contributed by atoms with van der Waals surface area (Å²) in [4.78, 5) is 28.5. The Morgan fingerprint density at radius 3 is 1.50 bits per heavy atom. The largest absolute Gasteiger partial charge is 0.348 e. The summed E-state index contributed by atoms with van der Waals surface area (Å²) < 4.78 is 0. The molecule has 1 heterocycles. The minimum Gasteiger partial charge on any atom is -0.348 e. The Balaban J connectivity index is 2.81. The number of aromatic nitrogens is 1. The van der Waals surface area contributed by atoms with Crippen LogP contribution < -0.4 is 10.6 Å². The summed E-state index contributed by atoms with van der Waals surface area (Å²) in [5.41, 5.74) is 0.523. The van der Waals surface area contributed by atoms with Gasteiger partial charge >= 0.3 is 0 Å². The number of amides is 2. The van der Waals surface area contributed by atoms with E-state index in [0.717, 1.165) is 0 Å². The van der Waals surface area contributed by atoms with Crippen molar-refractivity contribution in [2.45, 2.75) is 53.6 Å². The first-order valence-corrected chi connectivity index (χ1v) is 7.81. The van der Waals surface area contributed by atoms with E-state index in [1.807, 2.05) is 41.5 Å². The number of rotatable bonds is 6. The second kappa shape index (κ2) is 7.92. The Morgan fingerprint density at radius 2 is 1.18 bits per heavy atom. The van der Waals surface area contributed by atoms with Gasteiger partial charge in [0, 0.05) is 12.1 Å². The van der Waals surface area contributed by atoms with Crippen molar-refractivity contribution in [2.75, 3.05) is 0 Å². The highest BCUT2D eigenvalue weighted by Gasteiger charge is 2.17. The van der Waals surface area contributed by atoms with Gasteiger partial charge in [-0.3, -0.25) is 9.59 Å². The van der Waals surface area contributed by atoms with Crippen molar-refractivity contribution in [3.05, 3.63) is 29.6 Å². The third-order valence-corrected chi connectivity index (χ3v) is 3.93. The molecule has 2 unspecified atom stereocenters. The summed E-state index contributed by atoms with van der Waals surface area (Å²) in [6.45, 7) is 12.0. The van der Waals surface area contributed by atoms with Crippen molar-refractivity contribution in [1.29, 1.82) is 0 Å². The smallest absolute Gasteiger partial charge is 0.270 e. The molecule has 1 rings (SSSR count). The molecular weight excluding hydrogens is 278 g/mol. The van der Waals surface area contributed by atoms with Gasteiger partial charge in [0.05, 0.1) is 0 Å². The molecule has 5 heteroatoms. The van der Waals surface area contributed by atoms with Crippen LogP contribution in [0.4, 0.5) is 0 Å². The number of pyridine rings is 1. The van der Waals surface area contributed by atoms with Crippen LogP contribution in [0.1, 0.15) is 62.5 Å². The minimum absolute atomic E-state index is 0.0488. The monoisotopic (exact) mass is 305 g/mol. The maximum atomic E-state index is 12.2. The molecule has 0 radical (unpaired) electrons. The van der Waals surface area contributed by atoms with E-state index in [-0.39, 0.29) is 35.3 Å². The van der Waals surface area contributed by atoms with Crippen LogP contribution in [0.3, 0.4) is 0 Å². The lowest BCUT2D eigenvalue weighted by Gasteiger charge is -2.18. The van der Waals surface area contributed by atoms with Gasteiger partial charge in [0.1, 0.15) is 11.4 Å². The van der Waals surface area contributed by atoms with E-state index in [1.165, 1.54) is 0 Å². The summed E-state index contributed by atoms with van der Waals surface area (Å²) >= 11 is 0. The lowest BCUT2D eigenvalue weighted by atomic mass is 10.1. The standard InChI is InChI=1S/C17H27N3O2/c1-10(2)12(5)18-16(21)14-8-7-9-15(20-14)17(22)19-13(6)11(3)4/h7-13H,1-6H3,(H,18,21)(H,19,22). The maximum absolute atomic E-state index is 12.2. The number of hydrogen-bond acceptors (Lipinski definition) is 3. The molecule has 0 aliphatic rings. The first kappa shape index (κ1) is 18.1. The van der Waals surface area contributed by atoms with Gasteiger partial charge in [-0.25, -0.2) is 4.98 Å². The fraction of sp³-hybridized carbons (Fsp3) is 0.588. The van der Waals surface area contributed by atoms with Gasteiger partial charge in [0.2, 0.25) is 0 Å². The molecule has 0 saturated carbocycles. The fourth-order valence-corrected chi connectivity index (χ4v) is 1.58. The molecule has 122 valence electrons. The zero-order valence-electron chi connectivity index (χ0n) is 14.3. The van der Waals surface area contributed by atoms with E-state index in [1.54, 1.807) is 18.2 Å². The predicted octanol–water partition coefficient (Wildman–Crippen LogP) is 2.63. The van der Waals surface area contributed by atoms with Gasteiger partial charge in [-0.1, -0.05) is 33.8 Å². The summed E-state index contributed by atoms with van der Waals surface area (Å²) in [6.07, 6.45) is 0. The Morgan fingerprint density at radius 1 is 0.818 bits per heavy atom. The van der Waals surface area contributed by atoms with E-state index in [4.69, 9.17) is 0 Å². The number of nitrogens with one attached hydrogen (secondary N) is 2. The van der Waals surface area contributed by atoms with E-state index in [0.29, 0.717) is 11.8 Å². The predicted molar refractivity (Wildman–Crippen MR) is 87.8 cm³/mol. The molecule has 2 amide bonds. The van der Waals surface area contributed by atoms with Gasteiger partial charge in [-0.05, 0) is 37.8 Å². The third-order valence-electron chi connectivity index (χ3n) is 3.93. The van der Waals surface area contributed by atoms with Crippen LogP contribution in [-0.4, -0.2) is 28.9 Å². The van der Waals surface area contributed by atoms with Crippen molar-refractivity contribution in [2.24, 2.45) is 11.8 Å². The van der Waals surface area contributed by atoms with Crippen LogP contribution in [0.2, 0.25) is 0 Å². The molecule has 1 aromatic rings. The Kier molecular flexibility index (Phi) is 6.53. The van der Waals surface area contributed by atoms with Crippen LogP contribution in [-0.2, 0) is 0 Å². The number of carbonyl (C=O) groups is 2. The Bertz CT molecular complexity index is 483. The van der Waals surface area contributed by atoms with E-state index >= 15 is 0 Å². The SMILES string of the molecule is CC(C)C(C)NC(=O)c1cccc(C(=O)NC(C)C(C)C)n1. The van der Waals surface area contributed by atoms with Crippen LogP contribution in [0.5, 0.6) is 0 Å². The van der Waals surface area contributed by atoms with Gasteiger partial charge in [-0.15, -0.1) is 0 Å². The van der Waals surface area contributed by atoms with E-state index in [9.17, 15) is 9.59 Å². The van der Waals surface area contributed by atoms with Crippen molar-refractivity contribution < 1.29 is 9.59 Å². The molecule has 0 saturated heterocycles. The van der Waals surface area contributed by atoms with Crippen molar-refractivity contribution in [1.82, 2.24) is 15.6 Å². The highest BCUT2D eigenvalue weighted by Crippen LogP contribution is 2.06. The second-order valence-corrected chi connectivity index (χ2v) is 6.42. The number of nitrogens with zero attached hydrogens (tertiary/aromatic N) is 1. The molecule has 2 atom stereocenters. The molecule has 2 N–H and O–H groups in total. The maximum Gasteiger partial charge on any atom is 0.270 e. The molecule has 0 spiro atoms. The molecule has 0 aliphatic heterocycles. The summed E-state index contributed by atoms with van der Waals surface area (Å²) in [5.74, 6) is 0.158. The average molecular weight is 305 g/mol. The van der Waals surface area contributed by atoms with Gasteiger partial charge < -0.3 is 10.6 Å². The molecule has 1 aromatic heterocycles. The average Bonchev–Trinajstić information content (AvgIpc) is 2.46. The quantitative estimate of drug-likeness (QED) is 0.848. The van der Waals surface area contributed by atoms with Crippen molar-refractivity contribution in [3.8, 4) is 0 Å². The molecule has 22 heavy (non-hydrogen) atoms. The normalized spacial score (nSPS) is 13.8. The first-order chi connectivity index (χ1) is 10.2. The molecule has 0 bridgehead atoms. The molecule has 5 nitrogen and oxygen atoms in total. The topological polar surface area (TPSA) is 71.1 Å².